The van der Waals surface area contributed by atoms with Crippen LogP contribution >= 0.6 is 0 Å². The number of aryl methyl sites for hydroxylation is 1. The normalized spacial score (nSPS) is 13.1. The molecule has 7 heteroatoms. The number of nitrogens with zero attached hydrogens (tertiary/aromatic N) is 4. The number of carbonyl (C=O) groups is 2. The summed E-state index contributed by atoms with van der Waals surface area (Å²) in [4.78, 5) is 36.5. The molecule has 6 nitrogen and oxygen atoms in total. The van der Waals surface area contributed by atoms with Crippen LogP contribution in [0.2, 0.25) is 0 Å². The van der Waals surface area contributed by atoms with Gasteiger partial charge in [-0.25, -0.2) is 14.4 Å². The minimum absolute atomic E-state index is 0.0709. The van der Waals surface area contributed by atoms with Gasteiger partial charge in [0.15, 0.2) is 22.9 Å². The number of para-hydroxylation sites is 1. The lowest BCUT2D eigenvalue weighted by atomic mass is 10.0. The van der Waals surface area contributed by atoms with E-state index in [1.54, 1.807) is 30.3 Å². The van der Waals surface area contributed by atoms with Crippen LogP contribution in [0, 0.1) is 5.82 Å². The third-order valence-electron chi connectivity index (χ3n) is 6.96. The van der Waals surface area contributed by atoms with Crippen molar-refractivity contribution in [1.82, 2.24) is 19.1 Å². The topological polar surface area (TPSA) is 69.8 Å². The van der Waals surface area contributed by atoms with Gasteiger partial charge in [0.1, 0.15) is 17.5 Å². The molecule has 0 amide bonds. The lowest BCUT2D eigenvalue weighted by molar-refractivity contribution is 0.0990. The second-order valence-electron chi connectivity index (χ2n) is 9.25. The van der Waals surface area contributed by atoms with E-state index in [0.29, 0.717) is 34.1 Å². The van der Waals surface area contributed by atoms with Crippen LogP contribution in [0.5, 0.6) is 0 Å². The number of aromatic nitrogens is 4. The molecular weight excluding hydrogens is 479 g/mol. The van der Waals surface area contributed by atoms with E-state index >= 15 is 0 Å². The highest BCUT2D eigenvalue weighted by molar-refractivity contribution is 6.42. The molecule has 0 N–H and O–H groups in total. The number of halogens is 1. The summed E-state index contributed by atoms with van der Waals surface area (Å²) in [6.07, 6.45) is 1.56. The van der Waals surface area contributed by atoms with Crippen LogP contribution in [0.25, 0.3) is 45.2 Å². The largest absolute Gasteiger partial charge is 0.310 e. The van der Waals surface area contributed by atoms with Crippen molar-refractivity contribution in [3.8, 4) is 17.1 Å². The molecule has 6 aromatic rings. The van der Waals surface area contributed by atoms with E-state index < -0.39 is 0 Å². The van der Waals surface area contributed by atoms with Crippen LogP contribution in [-0.4, -0.2) is 30.7 Å². The first-order valence-electron chi connectivity index (χ1n) is 12.1. The SMILES string of the molecule is Cn1c(-c2ccc(F)cc2)nc2c1nc(C=C1C(=O)c3cc4ccccc4cc3C1=O)n2-c1ccccc1. The zero-order valence-corrected chi connectivity index (χ0v) is 20.2. The van der Waals surface area contributed by atoms with E-state index in [9.17, 15) is 14.0 Å². The highest BCUT2D eigenvalue weighted by atomic mass is 19.1. The monoisotopic (exact) mass is 498 g/mol. The number of hydrogen-bond donors (Lipinski definition) is 0. The summed E-state index contributed by atoms with van der Waals surface area (Å²) in [5, 5.41) is 1.81. The minimum atomic E-state index is -0.326. The maximum Gasteiger partial charge on any atom is 0.197 e. The number of fused-ring (bicyclic) bond motifs is 3. The fraction of sp³-hybridized carbons (Fsp3) is 0.0323. The molecule has 0 atom stereocenters. The number of imidazole rings is 2. The molecule has 0 spiro atoms. The molecule has 182 valence electrons. The number of rotatable bonds is 3. The standard InChI is InChI=1S/C31H19FN4O2/c1-35-29(18-11-13-21(32)14-12-18)34-31-30(35)33-26(36(31)22-9-3-2-4-10-22)17-25-27(37)23-15-19-7-5-6-8-20(19)16-24(23)28(25)38/h2-17H,1H3. The average molecular weight is 499 g/mol. The Hall–Kier alpha value is -5.17. The first kappa shape index (κ1) is 22.1. The lowest BCUT2D eigenvalue weighted by Gasteiger charge is -2.06. The second kappa shape index (κ2) is 8.18. The molecule has 0 unspecified atom stereocenters. The van der Waals surface area contributed by atoms with Gasteiger partial charge in [-0.05, 0) is 65.4 Å². The van der Waals surface area contributed by atoms with Gasteiger partial charge in [0.05, 0.1) is 5.57 Å². The number of ketones is 2. The number of benzene rings is 4. The predicted molar refractivity (Wildman–Crippen MR) is 144 cm³/mol. The van der Waals surface area contributed by atoms with Gasteiger partial charge in [-0.1, -0.05) is 42.5 Å². The molecule has 0 fully saturated rings. The Balaban J connectivity index is 1.42. The summed E-state index contributed by atoms with van der Waals surface area (Å²) >= 11 is 0. The van der Waals surface area contributed by atoms with Gasteiger partial charge in [-0.3, -0.25) is 14.2 Å². The molecule has 0 bridgehead atoms. The highest BCUT2D eigenvalue weighted by Gasteiger charge is 2.34. The first-order chi connectivity index (χ1) is 18.5. The molecule has 2 heterocycles. The van der Waals surface area contributed by atoms with Gasteiger partial charge in [-0.15, -0.1) is 0 Å². The summed E-state index contributed by atoms with van der Waals surface area (Å²) in [6, 6.07) is 26.9. The predicted octanol–water partition coefficient (Wildman–Crippen LogP) is 6.18. The summed E-state index contributed by atoms with van der Waals surface area (Å²) < 4.78 is 17.2. The fourth-order valence-corrected chi connectivity index (χ4v) is 5.07. The Morgan fingerprint density at radius 3 is 1.97 bits per heavy atom. The quantitative estimate of drug-likeness (QED) is 0.216. The highest BCUT2D eigenvalue weighted by Crippen LogP contribution is 2.33. The van der Waals surface area contributed by atoms with Crippen molar-refractivity contribution in [3.05, 3.63) is 119 Å². The van der Waals surface area contributed by atoms with Crippen molar-refractivity contribution in [1.29, 1.82) is 0 Å². The number of Topliss-reactive ketones (excluding diaryl/α,β-unsaturated/α-hetero) is 2. The van der Waals surface area contributed by atoms with Crippen LogP contribution in [0.1, 0.15) is 26.5 Å². The van der Waals surface area contributed by atoms with Gasteiger partial charge in [0.2, 0.25) is 0 Å². The van der Waals surface area contributed by atoms with Crippen molar-refractivity contribution in [2.75, 3.05) is 0 Å². The number of carbonyl (C=O) groups excluding carboxylic acids is 2. The van der Waals surface area contributed by atoms with E-state index in [0.717, 1.165) is 22.0 Å². The average Bonchev–Trinajstić information content (AvgIpc) is 3.53. The van der Waals surface area contributed by atoms with Crippen LogP contribution in [-0.2, 0) is 7.05 Å². The van der Waals surface area contributed by atoms with Gasteiger partial charge in [0.25, 0.3) is 0 Å². The molecule has 0 radical (unpaired) electrons. The van der Waals surface area contributed by atoms with Crippen molar-refractivity contribution in [2.45, 2.75) is 0 Å². The maximum atomic E-state index is 13.5. The zero-order chi connectivity index (χ0) is 26.0. The Labute approximate surface area is 216 Å². The van der Waals surface area contributed by atoms with Gasteiger partial charge in [-0.2, -0.15) is 0 Å². The second-order valence-corrected chi connectivity index (χ2v) is 9.25. The number of hydrogen-bond acceptors (Lipinski definition) is 4. The third kappa shape index (κ3) is 3.25. The Morgan fingerprint density at radius 1 is 0.737 bits per heavy atom. The van der Waals surface area contributed by atoms with E-state index in [1.165, 1.54) is 12.1 Å². The molecular formula is C31H19FN4O2. The molecule has 2 aromatic heterocycles. The van der Waals surface area contributed by atoms with Crippen LogP contribution in [0.15, 0.2) is 96.6 Å². The molecule has 7 rings (SSSR count). The Kier molecular flexibility index (Phi) is 4.75. The van der Waals surface area contributed by atoms with Crippen LogP contribution < -0.4 is 0 Å². The van der Waals surface area contributed by atoms with Crippen molar-refractivity contribution in [3.63, 3.8) is 0 Å². The van der Waals surface area contributed by atoms with E-state index in [4.69, 9.17) is 9.97 Å². The summed E-state index contributed by atoms with van der Waals surface area (Å²) in [5.41, 5.74) is 3.54. The Bertz CT molecular complexity index is 1910. The van der Waals surface area contributed by atoms with E-state index in [1.807, 2.05) is 70.8 Å². The van der Waals surface area contributed by atoms with Crippen molar-refractivity contribution < 1.29 is 14.0 Å². The maximum absolute atomic E-state index is 13.5. The van der Waals surface area contributed by atoms with Gasteiger partial charge in [0, 0.05) is 29.4 Å². The fourth-order valence-electron chi connectivity index (χ4n) is 5.07. The minimum Gasteiger partial charge on any atom is -0.310 e. The first-order valence-corrected chi connectivity index (χ1v) is 12.1. The van der Waals surface area contributed by atoms with Crippen LogP contribution in [0.3, 0.4) is 0 Å². The molecule has 0 aliphatic heterocycles. The van der Waals surface area contributed by atoms with E-state index in [2.05, 4.69) is 0 Å². The third-order valence-corrected chi connectivity index (χ3v) is 6.96. The molecule has 0 saturated carbocycles. The Morgan fingerprint density at radius 2 is 1.34 bits per heavy atom. The zero-order valence-electron chi connectivity index (χ0n) is 20.2. The molecule has 4 aromatic carbocycles. The van der Waals surface area contributed by atoms with Gasteiger partial charge < -0.3 is 4.57 Å². The van der Waals surface area contributed by atoms with Gasteiger partial charge >= 0.3 is 0 Å². The smallest absolute Gasteiger partial charge is 0.197 e. The van der Waals surface area contributed by atoms with E-state index in [-0.39, 0.29) is 23.0 Å². The summed E-state index contributed by atoms with van der Waals surface area (Å²) in [6.45, 7) is 0. The molecule has 38 heavy (non-hydrogen) atoms. The lowest BCUT2D eigenvalue weighted by Crippen LogP contribution is -2.04. The molecule has 0 saturated heterocycles. The van der Waals surface area contributed by atoms with Crippen molar-refractivity contribution in [2.24, 2.45) is 7.05 Å². The molecule has 1 aliphatic carbocycles. The van der Waals surface area contributed by atoms with Crippen molar-refractivity contribution >= 4 is 39.7 Å². The number of allylic oxidation sites excluding steroid dienone is 1. The summed E-state index contributed by atoms with van der Waals surface area (Å²) in [7, 11) is 1.83. The molecule has 1 aliphatic rings. The summed E-state index contributed by atoms with van der Waals surface area (Å²) in [5.74, 6) is 0.0837. The van der Waals surface area contributed by atoms with Crippen LogP contribution in [0.4, 0.5) is 4.39 Å².